The van der Waals surface area contributed by atoms with Crippen LogP contribution in [-0.4, -0.2) is 20.3 Å². The maximum Gasteiger partial charge on any atom is 0.163 e. The number of hydrogen-bond donors (Lipinski definition) is 1. The van der Waals surface area contributed by atoms with Crippen molar-refractivity contribution in [1.29, 1.82) is 0 Å². The van der Waals surface area contributed by atoms with Crippen LogP contribution in [0.1, 0.15) is 16.7 Å². The summed E-state index contributed by atoms with van der Waals surface area (Å²) in [7, 11) is 1.65. The van der Waals surface area contributed by atoms with E-state index in [0.29, 0.717) is 37.9 Å². The van der Waals surface area contributed by atoms with Gasteiger partial charge in [-0.05, 0) is 47.9 Å². The van der Waals surface area contributed by atoms with Crippen molar-refractivity contribution in [2.24, 2.45) is 0 Å². The number of ether oxygens (including phenoxy) is 4. The molecule has 4 rings (SSSR count). The van der Waals surface area contributed by atoms with E-state index in [1.807, 2.05) is 42.5 Å². The van der Waals surface area contributed by atoms with Gasteiger partial charge in [-0.3, -0.25) is 0 Å². The molecule has 0 amide bonds. The van der Waals surface area contributed by atoms with E-state index in [4.69, 9.17) is 18.9 Å². The van der Waals surface area contributed by atoms with E-state index in [1.54, 1.807) is 7.11 Å². The quantitative estimate of drug-likeness (QED) is 0.478. The minimum atomic E-state index is 0.490. The van der Waals surface area contributed by atoms with E-state index < -0.39 is 0 Å². The molecule has 3 aromatic rings. The number of methoxy groups -OCH3 is 1. The van der Waals surface area contributed by atoms with Gasteiger partial charge in [0.05, 0.1) is 7.11 Å². The molecule has 6 heteroatoms. The fourth-order valence-corrected chi connectivity index (χ4v) is 3.73. The van der Waals surface area contributed by atoms with Crippen LogP contribution in [0.4, 0.5) is 5.69 Å². The third-order valence-electron chi connectivity index (χ3n) is 5.00. The molecule has 1 aliphatic heterocycles. The summed E-state index contributed by atoms with van der Waals surface area (Å²) < 4.78 is 23.8. The first kappa shape index (κ1) is 20.4. The molecular weight excluding hydrogens is 446 g/mol. The highest BCUT2D eigenvalue weighted by atomic mass is 79.9. The van der Waals surface area contributed by atoms with Gasteiger partial charge in [0.25, 0.3) is 0 Å². The van der Waals surface area contributed by atoms with Crippen LogP contribution in [0, 0.1) is 6.92 Å². The average molecular weight is 470 g/mol. The van der Waals surface area contributed by atoms with Gasteiger partial charge in [0.2, 0.25) is 0 Å². The van der Waals surface area contributed by atoms with Gasteiger partial charge in [-0.1, -0.05) is 40.2 Å². The predicted molar refractivity (Wildman–Crippen MR) is 121 cm³/mol. The Balaban J connectivity index is 1.46. The van der Waals surface area contributed by atoms with Crippen LogP contribution in [0.25, 0.3) is 0 Å². The van der Waals surface area contributed by atoms with E-state index in [-0.39, 0.29) is 0 Å². The lowest BCUT2D eigenvalue weighted by Gasteiger charge is -2.19. The molecule has 0 unspecified atom stereocenters. The van der Waals surface area contributed by atoms with E-state index in [0.717, 1.165) is 32.8 Å². The summed E-state index contributed by atoms with van der Waals surface area (Å²) in [5.74, 6) is 2.95. The molecule has 30 heavy (non-hydrogen) atoms. The summed E-state index contributed by atoms with van der Waals surface area (Å²) in [6.07, 6.45) is 0. The van der Waals surface area contributed by atoms with Crippen molar-refractivity contribution in [1.82, 2.24) is 0 Å². The second-order valence-corrected chi connectivity index (χ2v) is 7.88. The lowest BCUT2D eigenvalue weighted by atomic mass is 10.1. The fourth-order valence-electron chi connectivity index (χ4n) is 3.26. The summed E-state index contributed by atoms with van der Waals surface area (Å²) in [6.45, 7) is 4.35. The summed E-state index contributed by atoms with van der Waals surface area (Å²) in [5.41, 5.74) is 4.38. The zero-order valence-electron chi connectivity index (χ0n) is 17.0. The lowest BCUT2D eigenvalue weighted by molar-refractivity contribution is 0.171. The van der Waals surface area contributed by atoms with Gasteiger partial charge in [0.15, 0.2) is 23.0 Å². The van der Waals surface area contributed by atoms with Crippen molar-refractivity contribution < 1.29 is 18.9 Å². The van der Waals surface area contributed by atoms with E-state index in [2.05, 4.69) is 40.3 Å². The molecule has 0 aliphatic carbocycles. The molecule has 0 aromatic heterocycles. The van der Waals surface area contributed by atoms with Crippen molar-refractivity contribution >= 4 is 21.6 Å². The van der Waals surface area contributed by atoms with Gasteiger partial charge in [0, 0.05) is 22.8 Å². The molecule has 0 atom stereocenters. The van der Waals surface area contributed by atoms with Crippen LogP contribution in [0.5, 0.6) is 23.0 Å². The highest BCUT2D eigenvalue weighted by Gasteiger charge is 2.14. The van der Waals surface area contributed by atoms with E-state index in [1.165, 1.54) is 5.56 Å². The Morgan fingerprint density at radius 1 is 0.933 bits per heavy atom. The normalized spacial score (nSPS) is 12.4. The Bertz CT molecular complexity index is 1040. The molecule has 0 fully saturated rings. The molecule has 5 nitrogen and oxygen atoms in total. The van der Waals surface area contributed by atoms with Crippen molar-refractivity contribution in [3.8, 4) is 23.0 Å². The Labute approximate surface area is 185 Å². The van der Waals surface area contributed by atoms with Crippen molar-refractivity contribution in [3.05, 3.63) is 75.8 Å². The summed E-state index contributed by atoms with van der Waals surface area (Å²) in [4.78, 5) is 0. The monoisotopic (exact) mass is 469 g/mol. The first-order valence-corrected chi connectivity index (χ1v) is 10.6. The van der Waals surface area contributed by atoms with Gasteiger partial charge >= 0.3 is 0 Å². The molecule has 0 saturated carbocycles. The number of aryl methyl sites for hydroxylation is 1. The smallest absolute Gasteiger partial charge is 0.163 e. The van der Waals surface area contributed by atoms with Crippen LogP contribution in [0.2, 0.25) is 0 Å². The third kappa shape index (κ3) is 4.65. The predicted octanol–water partition coefficient (Wildman–Crippen LogP) is 5.73. The first-order valence-electron chi connectivity index (χ1n) is 9.81. The Morgan fingerprint density at radius 3 is 2.53 bits per heavy atom. The molecule has 156 valence electrons. The number of fused-ring (bicyclic) bond motifs is 1. The number of benzene rings is 3. The maximum atomic E-state index is 6.05. The second kappa shape index (κ2) is 9.30. The zero-order chi connectivity index (χ0) is 20.9. The largest absolute Gasteiger partial charge is 0.493 e. The first-order chi connectivity index (χ1) is 14.6. The Kier molecular flexibility index (Phi) is 6.33. The molecule has 1 heterocycles. The molecular formula is C24H24BrNO4. The molecule has 0 spiro atoms. The Hall–Kier alpha value is -2.86. The van der Waals surface area contributed by atoms with Crippen LogP contribution in [-0.2, 0) is 13.2 Å². The van der Waals surface area contributed by atoms with Gasteiger partial charge < -0.3 is 24.3 Å². The van der Waals surface area contributed by atoms with Crippen LogP contribution in [0.15, 0.2) is 59.1 Å². The van der Waals surface area contributed by atoms with E-state index in [9.17, 15) is 0 Å². The number of hydrogen-bond acceptors (Lipinski definition) is 5. The van der Waals surface area contributed by atoms with Gasteiger partial charge in [-0.15, -0.1) is 0 Å². The lowest BCUT2D eigenvalue weighted by Crippen LogP contribution is -2.15. The number of anilines is 1. The molecule has 0 saturated heterocycles. The fraction of sp³-hybridized carbons (Fsp3) is 0.250. The second-order valence-electron chi connectivity index (χ2n) is 7.02. The molecule has 1 N–H and O–H groups in total. The third-order valence-corrected chi connectivity index (χ3v) is 5.74. The summed E-state index contributed by atoms with van der Waals surface area (Å²) >= 11 is 3.66. The molecule has 1 aliphatic rings. The maximum absolute atomic E-state index is 6.05. The summed E-state index contributed by atoms with van der Waals surface area (Å²) in [5, 5.41) is 3.43. The van der Waals surface area contributed by atoms with Crippen LogP contribution < -0.4 is 24.3 Å². The minimum absolute atomic E-state index is 0.490. The van der Waals surface area contributed by atoms with E-state index >= 15 is 0 Å². The highest BCUT2D eigenvalue weighted by molar-refractivity contribution is 9.10. The SMILES string of the molecule is COc1cc(CNc2ccc3c(c2)OCCO3)c(Br)cc1OCc1ccccc1C. The molecule has 0 radical (unpaired) electrons. The van der Waals surface area contributed by atoms with Crippen molar-refractivity contribution in [2.75, 3.05) is 25.6 Å². The van der Waals surface area contributed by atoms with Gasteiger partial charge in [-0.25, -0.2) is 0 Å². The standard InChI is InChI=1S/C24H24BrNO4/c1-16-5-3-4-6-17(16)15-30-24-13-20(25)18(11-22(24)27-2)14-26-19-7-8-21-23(12-19)29-10-9-28-21/h3-8,11-13,26H,9-10,14-15H2,1-2H3. The molecule has 3 aromatic carbocycles. The number of halogens is 1. The average Bonchev–Trinajstić information content (AvgIpc) is 2.77. The molecule has 0 bridgehead atoms. The number of nitrogens with one attached hydrogen (secondary N) is 1. The minimum Gasteiger partial charge on any atom is -0.493 e. The van der Waals surface area contributed by atoms with Crippen LogP contribution >= 0.6 is 15.9 Å². The van der Waals surface area contributed by atoms with Gasteiger partial charge in [-0.2, -0.15) is 0 Å². The summed E-state index contributed by atoms with van der Waals surface area (Å²) in [6, 6.07) is 18.0. The van der Waals surface area contributed by atoms with Gasteiger partial charge in [0.1, 0.15) is 19.8 Å². The van der Waals surface area contributed by atoms with Crippen molar-refractivity contribution in [3.63, 3.8) is 0 Å². The topological polar surface area (TPSA) is 49.0 Å². The van der Waals surface area contributed by atoms with Crippen molar-refractivity contribution in [2.45, 2.75) is 20.1 Å². The Morgan fingerprint density at radius 2 is 1.73 bits per heavy atom. The number of rotatable bonds is 7. The zero-order valence-corrected chi connectivity index (χ0v) is 18.6. The highest BCUT2D eigenvalue weighted by Crippen LogP contribution is 2.36. The van der Waals surface area contributed by atoms with Crippen LogP contribution in [0.3, 0.4) is 0 Å².